The molecule has 0 aromatic heterocycles. The smallest absolute Gasteiger partial charge is 0.127 e. The fraction of sp³-hybridized carbons (Fsp3) is 0.571. The van der Waals surface area contributed by atoms with Gasteiger partial charge in [0, 0.05) is 19.0 Å². The maximum absolute atomic E-state index is 6.14. The zero-order valence-electron chi connectivity index (χ0n) is 10.4. The molecule has 1 radical (unpaired) electrons. The van der Waals surface area contributed by atoms with Crippen LogP contribution in [0, 0.1) is 6.07 Å². The van der Waals surface area contributed by atoms with E-state index in [9.17, 15) is 0 Å². The largest absolute Gasteiger partial charge is 0.490 e. The predicted molar refractivity (Wildman–Crippen MR) is 68.8 cm³/mol. The molecular weight excluding hydrogens is 212 g/mol. The van der Waals surface area contributed by atoms with Crippen LogP contribution in [-0.2, 0) is 0 Å². The van der Waals surface area contributed by atoms with E-state index in [0.29, 0.717) is 0 Å². The number of hydrogen-bond donors (Lipinski definition) is 1. The van der Waals surface area contributed by atoms with Crippen LogP contribution < -0.4 is 10.5 Å². The minimum absolute atomic E-state index is 0.136. The van der Waals surface area contributed by atoms with E-state index < -0.39 is 0 Å². The SMILES string of the molecule is CCCN1CCC(Oc2[c]cccc2)CC1N. The molecule has 1 aliphatic rings. The number of benzene rings is 1. The summed E-state index contributed by atoms with van der Waals surface area (Å²) in [5.41, 5.74) is 6.14. The molecule has 1 aliphatic heterocycles. The van der Waals surface area contributed by atoms with Gasteiger partial charge in [0.1, 0.15) is 11.9 Å². The molecular formula is C14H21N2O. The summed E-state index contributed by atoms with van der Waals surface area (Å²) < 4.78 is 5.89. The van der Waals surface area contributed by atoms with Gasteiger partial charge in [0.05, 0.1) is 6.17 Å². The van der Waals surface area contributed by atoms with Crippen LogP contribution in [0.4, 0.5) is 0 Å². The summed E-state index contributed by atoms with van der Waals surface area (Å²) in [6.07, 6.45) is 3.49. The summed E-state index contributed by atoms with van der Waals surface area (Å²) in [7, 11) is 0. The van der Waals surface area contributed by atoms with Crippen LogP contribution in [0.2, 0.25) is 0 Å². The first-order valence-corrected chi connectivity index (χ1v) is 6.42. The van der Waals surface area contributed by atoms with Gasteiger partial charge in [-0.1, -0.05) is 25.1 Å². The number of rotatable bonds is 4. The fourth-order valence-corrected chi connectivity index (χ4v) is 2.31. The van der Waals surface area contributed by atoms with E-state index in [1.165, 1.54) is 0 Å². The van der Waals surface area contributed by atoms with Gasteiger partial charge in [-0.25, -0.2) is 0 Å². The number of hydrogen-bond acceptors (Lipinski definition) is 3. The molecule has 0 saturated carbocycles. The van der Waals surface area contributed by atoms with E-state index in [1.54, 1.807) is 0 Å². The Balaban J connectivity index is 1.85. The molecule has 2 rings (SSSR count). The van der Waals surface area contributed by atoms with Gasteiger partial charge in [-0.2, -0.15) is 0 Å². The summed E-state index contributed by atoms with van der Waals surface area (Å²) in [4.78, 5) is 2.34. The number of nitrogens with two attached hydrogens (primary N) is 1. The zero-order valence-corrected chi connectivity index (χ0v) is 10.4. The lowest BCUT2D eigenvalue weighted by Crippen LogP contribution is -2.50. The monoisotopic (exact) mass is 233 g/mol. The van der Waals surface area contributed by atoms with Gasteiger partial charge in [-0.05, 0) is 25.5 Å². The number of ether oxygens (including phenoxy) is 1. The number of para-hydroxylation sites is 1. The lowest BCUT2D eigenvalue weighted by Gasteiger charge is -2.37. The molecule has 2 N–H and O–H groups in total. The number of nitrogens with zero attached hydrogens (tertiary/aromatic N) is 1. The van der Waals surface area contributed by atoms with Crippen molar-refractivity contribution in [1.82, 2.24) is 4.90 Å². The molecule has 0 aliphatic carbocycles. The highest BCUT2D eigenvalue weighted by atomic mass is 16.5. The molecule has 3 heteroatoms. The first kappa shape index (κ1) is 12.4. The molecule has 1 fully saturated rings. The van der Waals surface area contributed by atoms with E-state index >= 15 is 0 Å². The second-order valence-electron chi connectivity index (χ2n) is 4.59. The third kappa shape index (κ3) is 3.45. The second kappa shape index (κ2) is 6.03. The Morgan fingerprint density at radius 1 is 1.53 bits per heavy atom. The molecule has 0 spiro atoms. The molecule has 1 aromatic carbocycles. The highest BCUT2D eigenvalue weighted by molar-refractivity contribution is 5.19. The predicted octanol–water partition coefficient (Wildman–Crippen LogP) is 2.02. The fourth-order valence-electron chi connectivity index (χ4n) is 2.31. The molecule has 2 atom stereocenters. The minimum atomic E-state index is 0.136. The van der Waals surface area contributed by atoms with Crippen molar-refractivity contribution in [1.29, 1.82) is 0 Å². The summed E-state index contributed by atoms with van der Waals surface area (Å²) >= 11 is 0. The van der Waals surface area contributed by atoms with Crippen LogP contribution in [0.3, 0.4) is 0 Å². The van der Waals surface area contributed by atoms with E-state index in [0.717, 1.165) is 38.1 Å². The Kier molecular flexibility index (Phi) is 4.40. The molecule has 1 heterocycles. The third-order valence-corrected chi connectivity index (χ3v) is 3.20. The van der Waals surface area contributed by atoms with Gasteiger partial charge in [0.25, 0.3) is 0 Å². The van der Waals surface area contributed by atoms with Crippen molar-refractivity contribution in [2.45, 2.75) is 38.5 Å². The normalized spacial score (nSPS) is 25.8. The van der Waals surface area contributed by atoms with Crippen LogP contribution in [0.5, 0.6) is 5.75 Å². The van der Waals surface area contributed by atoms with Crippen molar-refractivity contribution < 1.29 is 4.74 Å². The topological polar surface area (TPSA) is 38.5 Å². The van der Waals surface area contributed by atoms with E-state index in [1.807, 2.05) is 24.3 Å². The summed E-state index contributed by atoms with van der Waals surface area (Å²) in [6, 6.07) is 10.8. The number of likely N-dealkylation sites (tertiary alicyclic amines) is 1. The average molecular weight is 233 g/mol. The van der Waals surface area contributed by atoms with Gasteiger partial charge in [0.2, 0.25) is 0 Å². The van der Waals surface area contributed by atoms with Crippen molar-refractivity contribution in [3.63, 3.8) is 0 Å². The van der Waals surface area contributed by atoms with Crippen LogP contribution in [0.1, 0.15) is 26.2 Å². The van der Waals surface area contributed by atoms with Crippen molar-refractivity contribution in [3.05, 3.63) is 30.3 Å². The first-order valence-electron chi connectivity index (χ1n) is 6.42. The average Bonchev–Trinajstić information content (AvgIpc) is 2.34. The molecule has 93 valence electrons. The Bertz CT molecular complexity index is 328. The van der Waals surface area contributed by atoms with Crippen LogP contribution in [0.25, 0.3) is 0 Å². The third-order valence-electron chi connectivity index (χ3n) is 3.20. The Labute approximate surface area is 104 Å². The van der Waals surface area contributed by atoms with Crippen molar-refractivity contribution in [2.75, 3.05) is 13.1 Å². The zero-order chi connectivity index (χ0) is 12.1. The van der Waals surface area contributed by atoms with Crippen LogP contribution in [0.15, 0.2) is 24.3 Å². The first-order chi connectivity index (χ1) is 8.29. The van der Waals surface area contributed by atoms with E-state index in [2.05, 4.69) is 17.9 Å². The lowest BCUT2D eigenvalue weighted by atomic mass is 10.0. The Hall–Kier alpha value is -1.06. The van der Waals surface area contributed by atoms with Crippen molar-refractivity contribution >= 4 is 0 Å². The molecule has 17 heavy (non-hydrogen) atoms. The van der Waals surface area contributed by atoms with Gasteiger partial charge in [0.15, 0.2) is 0 Å². The summed E-state index contributed by atoms with van der Waals surface area (Å²) in [6.45, 7) is 4.31. The van der Waals surface area contributed by atoms with E-state index in [4.69, 9.17) is 10.5 Å². The summed E-state index contributed by atoms with van der Waals surface area (Å²) in [5.74, 6) is 0.827. The van der Waals surface area contributed by atoms with Gasteiger partial charge in [-0.15, -0.1) is 0 Å². The molecule has 0 amide bonds. The minimum Gasteiger partial charge on any atom is -0.490 e. The van der Waals surface area contributed by atoms with Gasteiger partial charge < -0.3 is 10.5 Å². The van der Waals surface area contributed by atoms with E-state index in [-0.39, 0.29) is 12.3 Å². The van der Waals surface area contributed by atoms with Crippen LogP contribution >= 0.6 is 0 Å². The van der Waals surface area contributed by atoms with Gasteiger partial charge in [-0.3, -0.25) is 4.90 Å². The van der Waals surface area contributed by atoms with Crippen molar-refractivity contribution in [3.8, 4) is 5.75 Å². The second-order valence-corrected chi connectivity index (χ2v) is 4.59. The molecule has 2 unspecified atom stereocenters. The highest BCUT2D eigenvalue weighted by Gasteiger charge is 2.26. The molecule has 1 aromatic rings. The quantitative estimate of drug-likeness (QED) is 0.864. The number of piperidine rings is 1. The van der Waals surface area contributed by atoms with Gasteiger partial charge >= 0.3 is 0 Å². The molecule has 3 nitrogen and oxygen atoms in total. The standard InChI is InChI=1S/C14H21N2O/c1-2-9-16-10-8-13(11-14(16)15)17-12-6-4-3-5-7-12/h3-6,13-14H,2,8-11,15H2,1H3. The lowest BCUT2D eigenvalue weighted by molar-refractivity contribution is 0.0582. The highest BCUT2D eigenvalue weighted by Crippen LogP contribution is 2.20. The van der Waals surface area contributed by atoms with Crippen molar-refractivity contribution in [2.24, 2.45) is 5.73 Å². The van der Waals surface area contributed by atoms with Crippen LogP contribution in [-0.4, -0.2) is 30.3 Å². The Morgan fingerprint density at radius 2 is 2.41 bits per heavy atom. The maximum atomic E-state index is 6.14. The maximum Gasteiger partial charge on any atom is 0.127 e. The molecule has 0 bridgehead atoms. The summed E-state index contributed by atoms with van der Waals surface area (Å²) in [5, 5.41) is 0. The molecule has 1 saturated heterocycles. The Morgan fingerprint density at radius 3 is 3.06 bits per heavy atom.